The highest BCUT2D eigenvalue weighted by Gasteiger charge is 2.35. The summed E-state index contributed by atoms with van der Waals surface area (Å²) >= 11 is 6.43. The van der Waals surface area contributed by atoms with Gasteiger partial charge in [-0.05, 0) is 49.4 Å². The van der Waals surface area contributed by atoms with Crippen LogP contribution in [0, 0.1) is 11.8 Å². The molecule has 3 aromatic rings. The van der Waals surface area contributed by atoms with Gasteiger partial charge in [0.25, 0.3) is 0 Å². The zero-order valence-corrected chi connectivity index (χ0v) is 29.0. The third-order valence-corrected chi connectivity index (χ3v) is 10.2. The number of para-hydroxylation sites is 2. The fraction of sp³-hybridized carbons (Fsp3) is 0.485. The summed E-state index contributed by atoms with van der Waals surface area (Å²) in [5.41, 5.74) is 2.75. The Balaban J connectivity index is 1.17. The van der Waals surface area contributed by atoms with E-state index in [1.807, 2.05) is 12.1 Å². The molecule has 0 spiro atoms. The number of hydrogen-bond acceptors (Lipinski definition) is 11. The van der Waals surface area contributed by atoms with Crippen LogP contribution in [0.4, 0.5) is 34.5 Å². The standard InChI is InChI=1S/C33H44ClN7O5S/c1-5-6-17-46-32(42)24-21-40(22-24)20-23-13-15-41(16-14-23)25-11-12-28(30(18-25)45-3)37-33-35-19-26(34)31(38-33)36-27-9-7-8-10-29(27)39(2)47(4,43)44/h7-12,18-19,23-24H,5-6,13-17,20-22H2,1-4H3,(H2,35,36,37,38). The van der Waals surface area contributed by atoms with Crippen LogP contribution in [0.3, 0.4) is 0 Å². The van der Waals surface area contributed by atoms with Crippen molar-refractivity contribution in [2.75, 3.05) is 79.6 Å². The Morgan fingerprint density at radius 2 is 1.85 bits per heavy atom. The fourth-order valence-electron chi connectivity index (χ4n) is 5.82. The third kappa shape index (κ3) is 8.76. The summed E-state index contributed by atoms with van der Waals surface area (Å²) in [6, 6.07) is 13.0. The molecule has 2 N–H and O–H groups in total. The third-order valence-electron chi connectivity index (χ3n) is 8.70. The number of nitrogens with one attached hydrogen (secondary N) is 2. The highest BCUT2D eigenvalue weighted by molar-refractivity contribution is 7.92. The second-order valence-corrected chi connectivity index (χ2v) is 14.6. The molecule has 12 nitrogen and oxygen atoms in total. The molecule has 0 radical (unpaired) electrons. The molecule has 2 aliphatic rings. The first kappa shape index (κ1) is 34.5. The lowest BCUT2D eigenvalue weighted by Gasteiger charge is -2.42. The first-order valence-electron chi connectivity index (χ1n) is 16.0. The van der Waals surface area contributed by atoms with E-state index in [-0.39, 0.29) is 16.9 Å². The van der Waals surface area contributed by atoms with E-state index in [0.717, 1.165) is 70.4 Å². The summed E-state index contributed by atoms with van der Waals surface area (Å²) in [7, 11) is -0.368. The summed E-state index contributed by atoms with van der Waals surface area (Å²) in [6.07, 6.45) is 6.75. The lowest BCUT2D eigenvalue weighted by Crippen LogP contribution is -2.53. The number of piperidine rings is 1. The van der Waals surface area contributed by atoms with Gasteiger partial charge < -0.3 is 29.9 Å². The Hall–Kier alpha value is -3.81. The molecule has 2 saturated heterocycles. The van der Waals surface area contributed by atoms with Crippen LogP contribution in [0.15, 0.2) is 48.7 Å². The Labute approximate surface area is 282 Å². The van der Waals surface area contributed by atoms with E-state index in [0.29, 0.717) is 47.1 Å². The summed E-state index contributed by atoms with van der Waals surface area (Å²) in [6.45, 7) is 7.15. The van der Waals surface area contributed by atoms with E-state index in [4.69, 9.17) is 21.1 Å². The molecule has 0 saturated carbocycles. The van der Waals surface area contributed by atoms with Crippen LogP contribution in [0.25, 0.3) is 0 Å². The van der Waals surface area contributed by atoms with Gasteiger partial charge in [0.2, 0.25) is 16.0 Å². The molecular formula is C33H44ClN7O5S. The smallest absolute Gasteiger partial charge is 0.311 e. The number of rotatable bonds is 14. The Morgan fingerprint density at radius 1 is 1.11 bits per heavy atom. The van der Waals surface area contributed by atoms with Crippen molar-refractivity contribution >= 4 is 62.1 Å². The van der Waals surface area contributed by atoms with Crippen molar-refractivity contribution in [2.45, 2.75) is 32.6 Å². The van der Waals surface area contributed by atoms with Gasteiger partial charge in [-0.25, -0.2) is 13.4 Å². The van der Waals surface area contributed by atoms with Crippen LogP contribution in [0.5, 0.6) is 5.75 Å². The SMILES string of the molecule is CCCCOC(=O)C1CN(CC2CCN(c3ccc(Nc4ncc(Cl)c(Nc5ccccc5N(C)S(C)(=O)=O)n4)c(OC)c3)CC2)C1. The fourth-order valence-corrected chi connectivity index (χ4v) is 6.47. The van der Waals surface area contributed by atoms with Gasteiger partial charge in [-0.1, -0.05) is 37.1 Å². The topological polar surface area (TPSA) is 129 Å². The normalized spacial score (nSPS) is 16.0. The minimum atomic E-state index is -3.48. The zero-order chi connectivity index (χ0) is 33.6. The molecule has 14 heteroatoms. The van der Waals surface area contributed by atoms with Crippen LogP contribution in [0.1, 0.15) is 32.6 Å². The summed E-state index contributed by atoms with van der Waals surface area (Å²) in [4.78, 5) is 25.8. The van der Waals surface area contributed by atoms with Crippen LogP contribution in [0.2, 0.25) is 5.02 Å². The molecule has 0 bridgehead atoms. The molecule has 2 aliphatic heterocycles. The molecular weight excluding hydrogens is 642 g/mol. The highest BCUT2D eigenvalue weighted by atomic mass is 35.5. The molecule has 3 heterocycles. The van der Waals surface area contributed by atoms with Crippen LogP contribution in [-0.4, -0.2) is 89.0 Å². The number of carbonyl (C=O) groups excluding carboxylic acids is 1. The molecule has 47 heavy (non-hydrogen) atoms. The van der Waals surface area contributed by atoms with E-state index >= 15 is 0 Å². The van der Waals surface area contributed by atoms with Crippen molar-refractivity contribution in [2.24, 2.45) is 11.8 Å². The number of likely N-dealkylation sites (tertiary alicyclic amines) is 1. The number of carbonyl (C=O) groups is 1. The second kappa shape index (κ2) is 15.4. The number of benzene rings is 2. The second-order valence-electron chi connectivity index (χ2n) is 12.1. The number of unbranched alkanes of at least 4 members (excludes halogenated alkanes) is 1. The maximum absolute atomic E-state index is 12.2. The number of nitrogens with zero attached hydrogens (tertiary/aromatic N) is 5. The summed E-state index contributed by atoms with van der Waals surface area (Å²) in [5.74, 6) is 1.85. The summed E-state index contributed by atoms with van der Waals surface area (Å²) < 4.78 is 36.7. The van der Waals surface area contributed by atoms with Crippen molar-refractivity contribution < 1.29 is 22.7 Å². The number of aromatic nitrogens is 2. The first-order valence-corrected chi connectivity index (χ1v) is 18.2. The monoisotopic (exact) mass is 685 g/mol. The van der Waals surface area contributed by atoms with Crippen LogP contribution >= 0.6 is 11.6 Å². The molecule has 254 valence electrons. The first-order chi connectivity index (χ1) is 22.5. The Morgan fingerprint density at radius 3 is 2.55 bits per heavy atom. The van der Waals surface area contributed by atoms with Crippen LogP contribution in [-0.2, 0) is 19.6 Å². The van der Waals surface area contributed by atoms with Gasteiger partial charge >= 0.3 is 5.97 Å². The Bertz CT molecular complexity index is 1650. The molecule has 2 fully saturated rings. The molecule has 0 aliphatic carbocycles. The molecule has 0 amide bonds. The van der Waals surface area contributed by atoms with E-state index in [9.17, 15) is 13.2 Å². The average molecular weight is 686 g/mol. The molecule has 2 aromatic carbocycles. The largest absolute Gasteiger partial charge is 0.494 e. The average Bonchev–Trinajstić information content (AvgIpc) is 3.04. The highest BCUT2D eigenvalue weighted by Crippen LogP contribution is 2.35. The number of methoxy groups -OCH3 is 1. The maximum atomic E-state index is 12.2. The van der Waals surface area contributed by atoms with Gasteiger partial charge in [0.1, 0.15) is 10.8 Å². The predicted molar refractivity (Wildman–Crippen MR) is 187 cm³/mol. The van der Waals surface area contributed by atoms with Crippen LogP contribution < -0.4 is 24.6 Å². The van der Waals surface area contributed by atoms with Gasteiger partial charge in [0.15, 0.2) is 5.82 Å². The predicted octanol–water partition coefficient (Wildman–Crippen LogP) is 5.51. The maximum Gasteiger partial charge on any atom is 0.311 e. The number of sulfonamides is 1. The number of esters is 1. The van der Waals surface area contributed by atoms with E-state index in [2.05, 4.69) is 43.4 Å². The molecule has 0 atom stereocenters. The van der Waals surface area contributed by atoms with Gasteiger partial charge in [-0.15, -0.1) is 0 Å². The quantitative estimate of drug-likeness (QED) is 0.165. The number of ether oxygens (including phenoxy) is 2. The van der Waals surface area contributed by atoms with Crippen molar-refractivity contribution in [3.8, 4) is 5.75 Å². The van der Waals surface area contributed by atoms with Crippen molar-refractivity contribution in [1.29, 1.82) is 0 Å². The zero-order valence-electron chi connectivity index (χ0n) is 27.4. The number of anilines is 6. The van der Waals surface area contributed by atoms with Gasteiger partial charge in [0, 0.05) is 51.5 Å². The van der Waals surface area contributed by atoms with E-state index in [1.165, 1.54) is 17.5 Å². The van der Waals surface area contributed by atoms with E-state index < -0.39 is 10.0 Å². The minimum absolute atomic E-state index is 0.0262. The van der Waals surface area contributed by atoms with E-state index in [1.54, 1.807) is 31.4 Å². The lowest BCUT2D eigenvalue weighted by atomic mass is 9.92. The minimum Gasteiger partial charge on any atom is -0.494 e. The van der Waals surface area contributed by atoms with Gasteiger partial charge in [0.05, 0.1) is 49.1 Å². The Kier molecular flexibility index (Phi) is 11.3. The number of halogens is 1. The van der Waals surface area contributed by atoms with Gasteiger partial charge in [-0.2, -0.15) is 4.98 Å². The summed E-state index contributed by atoms with van der Waals surface area (Å²) in [5, 5.41) is 6.65. The lowest BCUT2D eigenvalue weighted by molar-refractivity contribution is -0.154. The molecule has 5 rings (SSSR count). The molecule has 1 aromatic heterocycles. The number of hydrogen-bond donors (Lipinski definition) is 2. The van der Waals surface area contributed by atoms with Crippen molar-refractivity contribution in [3.05, 3.63) is 53.7 Å². The van der Waals surface area contributed by atoms with Gasteiger partial charge in [-0.3, -0.25) is 9.10 Å². The molecule has 0 unspecified atom stereocenters. The van der Waals surface area contributed by atoms with Crippen molar-refractivity contribution in [3.63, 3.8) is 0 Å². The van der Waals surface area contributed by atoms with Crippen molar-refractivity contribution in [1.82, 2.24) is 14.9 Å².